The van der Waals surface area contributed by atoms with E-state index in [4.69, 9.17) is 4.74 Å². The van der Waals surface area contributed by atoms with E-state index in [0.717, 1.165) is 42.8 Å². The van der Waals surface area contributed by atoms with Crippen molar-refractivity contribution in [1.82, 2.24) is 0 Å². The van der Waals surface area contributed by atoms with Gasteiger partial charge in [-0.15, -0.1) is 0 Å². The number of hydrogen-bond donors (Lipinski definition) is 0. The molecule has 0 saturated heterocycles. The molecule has 0 bridgehead atoms. The van der Waals surface area contributed by atoms with Crippen LogP contribution >= 0.6 is 0 Å². The van der Waals surface area contributed by atoms with Crippen LogP contribution in [0.4, 0.5) is 18.9 Å². The number of alkyl halides is 3. The third kappa shape index (κ3) is 5.68. The van der Waals surface area contributed by atoms with Crippen LogP contribution in [0, 0.1) is 5.92 Å². The van der Waals surface area contributed by atoms with Crippen LogP contribution in [-0.2, 0) is 20.5 Å². The van der Waals surface area contributed by atoms with Crippen LogP contribution in [-0.4, -0.2) is 24.7 Å². The smallest absolute Gasteiger partial charge is 0.416 e. The van der Waals surface area contributed by atoms with Crippen LogP contribution in [0.15, 0.2) is 59.7 Å². The van der Waals surface area contributed by atoms with Gasteiger partial charge in [-0.1, -0.05) is 49.2 Å². The Kier molecular flexibility index (Phi) is 6.87. The lowest BCUT2D eigenvalue weighted by molar-refractivity contribution is -0.151. The van der Waals surface area contributed by atoms with Crippen molar-refractivity contribution in [2.45, 2.75) is 31.9 Å². The van der Waals surface area contributed by atoms with Crippen molar-refractivity contribution >= 4 is 23.8 Å². The highest BCUT2D eigenvalue weighted by atomic mass is 19.4. The Bertz CT molecular complexity index is 907. The summed E-state index contributed by atoms with van der Waals surface area (Å²) >= 11 is 0. The third-order valence-corrected chi connectivity index (χ3v) is 4.80. The van der Waals surface area contributed by atoms with Gasteiger partial charge in [-0.05, 0) is 36.6 Å². The topological polar surface area (TPSA) is 59.0 Å². The summed E-state index contributed by atoms with van der Waals surface area (Å²) in [5.74, 6) is -1.43. The second kappa shape index (κ2) is 9.56. The maximum Gasteiger partial charge on any atom is 0.416 e. The molecule has 0 unspecified atom stereocenters. The van der Waals surface area contributed by atoms with Gasteiger partial charge in [0.2, 0.25) is 0 Å². The molecule has 1 fully saturated rings. The van der Waals surface area contributed by atoms with Crippen molar-refractivity contribution in [3.05, 3.63) is 65.7 Å². The van der Waals surface area contributed by atoms with E-state index in [1.165, 1.54) is 18.3 Å². The second-order valence-corrected chi connectivity index (χ2v) is 7.00. The van der Waals surface area contributed by atoms with E-state index >= 15 is 0 Å². The molecule has 0 radical (unpaired) electrons. The highest BCUT2D eigenvalue weighted by molar-refractivity contribution is 5.96. The molecule has 0 N–H and O–H groups in total. The Morgan fingerprint density at radius 1 is 1.07 bits per heavy atom. The average Bonchev–Trinajstić information content (AvgIpc) is 3.27. The van der Waals surface area contributed by atoms with Gasteiger partial charge in [0, 0.05) is 0 Å². The van der Waals surface area contributed by atoms with E-state index in [1.54, 1.807) is 30.3 Å². The number of carbonyl (C=O) groups excluding carboxylic acids is 2. The molecule has 1 aliphatic carbocycles. The van der Waals surface area contributed by atoms with Crippen molar-refractivity contribution in [2.24, 2.45) is 11.0 Å². The van der Waals surface area contributed by atoms with Gasteiger partial charge in [0.15, 0.2) is 6.61 Å². The fraction of sp³-hybridized carbons (Fsp3) is 0.318. The monoisotopic (exact) mass is 418 g/mol. The number of halogens is 3. The summed E-state index contributed by atoms with van der Waals surface area (Å²) in [6.45, 7) is -0.599. The second-order valence-electron chi connectivity index (χ2n) is 7.00. The minimum Gasteiger partial charge on any atom is -0.455 e. The zero-order chi connectivity index (χ0) is 21.6. The number of amides is 1. The zero-order valence-corrected chi connectivity index (χ0v) is 16.1. The number of anilines is 1. The Hall–Kier alpha value is -3.16. The highest BCUT2D eigenvalue weighted by Crippen LogP contribution is 2.32. The summed E-state index contributed by atoms with van der Waals surface area (Å²) in [5.41, 5.74) is -0.320. The Labute approximate surface area is 172 Å². The lowest BCUT2D eigenvalue weighted by atomic mass is 10.1. The molecule has 1 amide bonds. The van der Waals surface area contributed by atoms with Crippen LogP contribution in [0.1, 0.15) is 36.8 Å². The number of nitrogens with zero attached hydrogens (tertiary/aromatic N) is 2. The number of hydrazone groups is 1. The predicted molar refractivity (Wildman–Crippen MR) is 106 cm³/mol. The van der Waals surface area contributed by atoms with Gasteiger partial charge in [0.25, 0.3) is 5.91 Å². The lowest BCUT2D eigenvalue weighted by Crippen LogP contribution is -2.31. The fourth-order valence-electron chi connectivity index (χ4n) is 3.23. The summed E-state index contributed by atoms with van der Waals surface area (Å²) in [6, 6.07) is 13.1. The first-order chi connectivity index (χ1) is 14.3. The molecule has 0 aromatic heterocycles. The predicted octanol–water partition coefficient (Wildman–Crippen LogP) is 4.81. The Morgan fingerprint density at radius 2 is 1.77 bits per heavy atom. The molecule has 1 saturated carbocycles. The van der Waals surface area contributed by atoms with Crippen LogP contribution in [0.3, 0.4) is 0 Å². The molecule has 30 heavy (non-hydrogen) atoms. The molecule has 2 aromatic carbocycles. The molecule has 0 heterocycles. The van der Waals surface area contributed by atoms with E-state index in [9.17, 15) is 22.8 Å². The third-order valence-electron chi connectivity index (χ3n) is 4.80. The lowest BCUT2D eigenvalue weighted by Gasteiger charge is -2.19. The molecule has 2 aromatic rings. The Morgan fingerprint density at radius 3 is 2.43 bits per heavy atom. The van der Waals surface area contributed by atoms with Crippen LogP contribution in [0.2, 0.25) is 0 Å². The van der Waals surface area contributed by atoms with Crippen molar-refractivity contribution in [3.8, 4) is 0 Å². The summed E-state index contributed by atoms with van der Waals surface area (Å²) in [5, 5.41) is 4.89. The van der Waals surface area contributed by atoms with E-state index in [-0.39, 0.29) is 11.6 Å². The number of hydrogen-bond acceptors (Lipinski definition) is 4. The standard InChI is InChI=1S/C22H21F3N2O3/c23-22(24,25)18-11-6-12-19(13-18)27(26-14-16-7-2-1-3-8-16)20(28)15-30-21(29)17-9-4-5-10-17/h1-3,6-8,11-14,17H,4-5,9-10,15H2/b26-14-. The van der Waals surface area contributed by atoms with Gasteiger partial charge in [-0.2, -0.15) is 23.3 Å². The summed E-state index contributed by atoms with van der Waals surface area (Å²) in [7, 11) is 0. The highest BCUT2D eigenvalue weighted by Gasteiger charge is 2.31. The number of carbonyl (C=O) groups is 2. The van der Waals surface area contributed by atoms with E-state index in [0.29, 0.717) is 5.56 Å². The number of benzene rings is 2. The molecular formula is C22H21F3N2O3. The van der Waals surface area contributed by atoms with E-state index in [1.807, 2.05) is 0 Å². The molecule has 0 aliphatic heterocycles. The Balaban J connectivity index is 1.81. The maximum atomic E-state index is 13.1. The first kappa shape index (κ1) is 21.5. The van der Waals surface area contributed by atoms with Gasteiger partial charge in [0.05, 0.1) is 23.4 Å². The fourth-order valence-corrected chi connectivity index (χ4v) is 3.23. The molecule has 0 spiro atoms. The summed E-state index contributed by atoms with van der Waals surface area (Å²) in [6.07, 6.45) is 0.101. The number of esters is 1. The van der Waals surface area contributed by atoms with Gasteiger partial charge < -0.3 is 4.74 Å². The van der Waals surface area contributed by atoms with Crippen LogP contribution in [0.5, 0.6) is 0 Å². The average molecular weight is 418 g/mol. The molecule has 3 rings (SSSR count). The summed E-state index contributed by atoms with van der Waals surface area (Å²) in [4.78, 5) is 24.8. The molecule has 5 nitrogen and oxygen atoms in total. The zero-order valence-electron chi connectivity index (χ0n) is 16.1. The summed E-state index contributed by atoms with van der Waals surface area (Å²) < 4.78 is 44.4. The van der Waals surface area contributed by atoms with Gasteiger partial charge in [-0.25, -0.2) is 0 Å². The van der Waals surface area contributed by atoms with E-state index in [2.05, 4.69) is 5.10 Å². The van der Waals surface area contributed by atoms with Crippen LogP contribution < -0.4 is 5.01 Å². The first-order valence-electron chi connectivity index (χ1n) is 9.60. The molecule has 1 aliphatic rings. The van der Waals surface area contributed by atoms with E-state index < -0.39 is 30.2 Å². The SMILES string of the molecule is O=C(OCC(=O)N(/N=C\c1ccccc1)c1cccc(C(F)(F)F)c1)C1CCCC1. The molecule has 158 valence electrons. The quantitative estimate of drug-likeness (QED) is 0.384. The van der Waals surface area contributed by atoms with Crippen molar-refractivity contribution in [3.63, 3.8) is 0 Å². The molecule has 8 heteroatoms. The van der Waals surface area contributed by atoms with Gasteiger partial charge in [0.1, 0.15) is 0 Å². The molecular weight excluding hydrogens is 397 g/mol. The molecule has 0 atom stereocenters. The van der Waals surface area contributed by atoms with Crippen LogP contribution in [0.25, 0.3) is 0 Å². The normalized spacial score (nSPS) is 14.8. The van der Waals surface area contributed by atoms with Crippen molar-refractivity contribution in [2.75, 3.05) is 11.6 Å². The minimum absolute atomic E-state index is 0.0704. The number of rotatable bonds is 6. The van der Waals surface area contributed by atoms with Crippen molar-refractivity contribution < 1.29 is 27.5 Å². The van der Waals surface area contributed by atoms with Gasteiger partial charge in [-0.3, -0.25) is 9.59 Å². The largest absolute Gasteiger partial charge is 0.455 e. The minimum atomic E-state index is -4.57. The first-order valence-corrected chi connectivity index (χ1v) is 9.60. The maximum absolute atomic E-state index is 13.1. The van der Waals surface area contributed by atoms with Crippen molar-refractivity contribution in [1.29, 1.82) is 0 Å². The number of ether oxygens (including phenoxy) is 1. The van der Waals surface area contributed by atoms with Gasteiger partial charge >= 0.3 is 12.1 Å².